The van der Waals surface area contributed by atoms with Crippen molar-refractivity contribution in [2.75, 3.05) is 25.0 Å². The van der Waals surface area contributed by atoms with Crippen LogP contribution in [0.15, 0.2) is 18.2 Å². The van der Waals surface area contributed by atoms with Crippen LogP contribution in [0.2, 0.25) is 5.02 Å². The molecule has 0 radical (unpaired) electrons. The van der Waals surface area contributed by atoms with E-state index in [4.69, 9.17) is 29.6 Å². The summed E-state index contributed by atoms with van der Waals surface area (Å²) in [6, 6.07) is 6.45. The van der Waals surface area contributed by atoms with Crippen LogP contribution in [0.5, 0.6) is 0 Å². The van der Waals surface area contributed by atoms with E-state index >= 15 is 0 Å². The van der Waals surface area contributed by atoms with E-state index in [0.29, 0.717) is 10.0 Å². The standard InChI is InChI=1S/C14H20ClN3S/c1-2-18(11-4-5-11)8-7-17-13-6-3-10(14(16)19)9-12(13)15/h3,6,9,11,17H,2,4-5,7-8H2,1H3,(H2,16,19). The highest BCUT2D eigenvalue weighted by Gasteiger charge is 2.27. The number of thiocarbonyl (C=S) groups is 1. The van der Waals surface area contributed by atoms with Crippen molar-refractivity contribution >= 4 is 34.5 Å². The molecule has 19 heavy (non-hydrogen) atoms. The number of hydrogen-bond acceptors (Lipinski definition) is 3. The third-order valence-electron chi connectivity index (χ3n) is 3.44. The molecule has 1 aromatic rings. The van der Waals surface area contributed by atoms with Crippen molar-refractivity contribution in [1.29, 1.82) is 0 Å². The number of rotatable bonds is 7. The van der Waals surface area contributed by atoms with E-state index in [9.17, 15) is 0 Å². The molecule has 104 valence electrons. The second-order valence-corrected chi connectivity index (χ2v) is 5.69. The molecule has 0 atom stereocenters. The highest BCUT2D eigenvalue weighted by atomic mass is 35.5. The van der Waals surface area contributed by atoms with Crippen LogP contribution in [0.4, 0.5) is 5.69 Å². The molecular formula is C14H20ClN3S. The Bertz CT molecular complexity index is 460. The molecule has 5 heteroatoms. The average molecular weight is 298 g/mol. The van der Waals surface area contributed by atoms with E-state index in [1.807, 2.05) is 18.2 Å². The first-order valence-electron chi connectivity index (χ1n) is 6.69. The lowest BCUT2D eigenvalue weighted by molar-refractivity contribution is 0.289. The summed E-state index contributed by atoms with van der Waals surface area (Å²) in [5.74, 6) is 0. The Balaban J connectivity index is 1.87. The predicted octanol–water partition coefficient (Wildman–Crippen LogP) is 2.87. The van der Waals surface area contributed by atoms with Crippen molar-refractivity contribution < 1.29 is 0 Å². The van der Waals surface area contributed by atoms with Gasteiger partial charge >= 0.3 is 0 Å². The Labute approximate surface area is 125 Å². The second-order valence-electron chi connectivity index (χ2n) is 4.85. The zero-order valence-electron chi connectivity index (χ0n) is 11.2. The Hall–Kier alpha value is -0.840. The van der Waals surface area contributed by atoms with Gasteiger partial charge in [0, 0.05) is 24.7 Å². The van der Waals surface area contributed by atoms with Gasteiger partial charge in [-0.2, -0.15) is 0 Å². The van der Waals surface area contributed by atoms with Crippen molar-refractivity contribution in [3.05, 3.63) is 28.8 Å². The fourth-order valence-electron chi connectivity index (χ4n) is 2.18. The minimum Gasteiger partial charge on any atom is -0.389 e. The molecule has 1 saturated carbocycles. The zero-order valence-corrected chi connectivity index (χ0v) is 12.7. The molecule has 1 aliphatic rings. The molecule has 2 rings (SSSR count). The monoisotopic (exact) mass is 297 g/mol. The number of nitrogens with zero attached hydrogens (tertiary/aromatic N) is 1. The fourth-order valence-corrected chi connectivity index (χ4v) is 2.56. The zero-order chi connectivity index (χ0) is 13.8. The van der Waals surface area contributed by atoms with Gasteiger partial charge in [0.15, 0.2) is 0 Å². The summed E-state index contributed by atoms with van der Waals surface area (Å²) < 4.78 is 0. The van der Waals surface area contributed by atoms with Crippen LogP contribution in [0, 0.1) is 0 Å². The summed E-state index contributed by atoms with van der Waals surface area (Å²) in [4.78, 5) is 2.88. The summed E-state index contributed by atoms with van der Waals surface area (Å²) >= 11 is 11.1. The number of benzene rings is 1. The molecule has 3 nitrogen and oxygen atoms in total. The SMILES string of the molecule is CCN(CCNc1ccc(C(N)=S)cc1Cl)C1CC1. The smallest absolute Gasteiger partial charge is 0.104 e. The van der Waals surface area contributed by atoms with E-state index < -0.39 is 0 Å². The maximum atomic E-state index is 6.21. The van der Waals surface area contributed by atoms with Gasteiger partial charge in [0.1, 0.15) is 4.99 Å². The van der Waals surface area contributed by atoms with Crippen LogP contribution in [0.1, 0.15) is 25.3 Å². The summed E-state index contributed by atoms with van der Waals surface area (Å²) in [6.07, 6.45) is 2.69. The number of nitrogens with two attached hydrogens (primary N) is 1. The van der Waals surface area contributed by atoms with Gasteiger partial charge in [-0.25, -0.2) is 0 Å². The summed E-state index contributed by atoms with van der Waals surface area (Å²) in [5.41, 5.74) is 7.32. The molecule has 0 spiro atoms. The number of halogens is 1. The second kappa shape index (κ2) is 6.55. The molecule has 1 aromatic carbocycles. The highest BCUT2D eigenvalue weighted by Crippen LogP contribution is 2.26. The van der Waals surface area contributed by atoms with Crippen molar-refractivity contribution in [2.45, 2.75) is 25.8 Å². The first-order valence-corrected chi connectivity index (χ1v) is 7.47. The van der Waals surface area contributed by atoms with Crippen molar-refractivity contribution in [3.63, 3.8) is 0 Å². The Kier molecular flexibility index (Phi) is 5.02. The maximum Gasteiger partial charge on any atom is 0.104 e. The molecule has 0 amide bonds. The van der Waals surface area contributed by atoms with Crippen LogP contribution in [0.3, 0.4) is 0 Å². The number of anilines is 1. The van der Waals surface area contributed by atoms with Crippen molar-refractivity contribution in [1.82, 2.24) is 4.90 Å². The molecule has 0 bridgehead atoms. The largest absolute Gasteiger partial charge is 0.389 e. The van der Waals surface area contributed by atoms with Gasteiger partial charge < -0.3 is 11.1 Å². The molecule has 1 aliphatic carbocycles. The summed E-state index contributed by atoms with van der Waals surface area (Å²) in [7, 11) is 0. The van der Waals surface area contributed by atoms with Crippen LogP contribution in [-0.4, -0.2) is 35.6 Å². The average Bonchev–Trinajstić information content (AvgIpc) is 3.20. The van der Waals surface area contributed by atoms with Crippen LogP contribution >= 0.6 is 23.8 Å². The van der Waals surface area contributed by atoms with Gasteiger partial charge in [-0.05, 0) is 37.6 Å². The predicted molar refractivity (Wildman–Crippen MR) is 86.1 cm³/mol. The van der Waals surface area contributed by atoms with Gasteiger partial charge in [0.25, 0.3) is 0 Å². The molecule has 1 fully saturated rings. The van der Waals surface area contributed by atoms with E-state index in [-0.39, 0.29) is 0 Å². The minimum atomic E-state index is 0.374. The van der Waals surface area contributed by atoms with Gasteiger partial charge in [-0.1, -0.05) is 30.7 Å². The Morgan fingerprint density at radius 1 is 1.53 bits per heavy atom. The van der Waals surface area contributed by atoms with Gasteiger partial charge in [0.2, 0.25) is 0 Å². The molecule has 3 N–H and O–H groups in total. The number of nitrogens with one attached hydrogen (secondary N) is 1. The lowest BCUT2D eigenvalue weighted by Crippen LogP contribution is -2.30. The summed E-state index contributed by atoms with van der Waals surface area (Å²) in [6.45, 7) is 5.27. The third-order valence-corrected chi connectivity index (χ3v) is 3.99. The van der Waals surface area contributed by atoms with Crippen LogP contribution < -0.4 is 11.1 Å². The number of likely N-dealkylation sites (N-methyl/N-ethyl adjacent to an activating group) is 1. The normalized spacial score (nSPS) is 14.7. The van der Waals surface area contributed by atoms with Crippen LogP contribution in [-0.2, 0) is 0 Å². The van der Waals surface area contributed by atoms with Gasteiger partial charge in [0.05, 0.1) is 10.7 Å². The molecule has 0 saturated heterocycles. The first-order chi connectivity index (χ1) is 9.11. The van der Waals surface area contributed by atoms with Gasteiger partial charge in [-0.15, -0.1) is 0 Å². The molecular weight excluding hydrogens is 278 g/mol. The fraction of sp³-hybridized carbons (Fsp3) is 0.500. The van der Waals surface area contributed by atoms with E-state index in [1.165, 1.54) is 12.8 Å². The minimum absolute atomic E-state index is 0.374. The lowest BCUT2D eigenvalue weighted by atomic mass is 10.2. The molecule has 0 aromatic heterocycles. The van der Waals surface area contributed by atoms with E-state index in [2.05, 4.69) is 17.1 Å². The molecule has 0 aliphatic heterocycles. The first kappa shape index (κ1) is 14.6. The Morgan fingerprint density at radius 3 is 2.79 bits per heavy atom. The molecule has 0 unspecified atom stereocenters. The summed E-state index contributed by atoms with van der Waals surface area (Å²) in [5, 5.41) is 4.04. The van der Waals surface area contributed by atoms with Crippen LogP contribution in [0.25, 0.3) is 0 Å². The van der Waals surface area contributed by atoms with Crippen molar-refractivity contribution in [2.24, 2.45) is 5.73 Å². The lowest BCUT2D eigenvalue weighted by Gasteiger charge is -2.20. The highest BCUT2D eigenvalue weighted by molar-refractivity contribution is 7.80. The van der Waals surface area contributed by atoms with E-state index in [1.54, 1.807) is 0 Å². The Morgan fingerprint density at radius 2 is 2.26 bits per heavy atom. The molecule has 0 heterocycles. The topological polar surface area (TPSA) is 41.3 Å². The van der Waals surface area contributed by atoms with Crippen molar-refractivity contribution in [3.8, 4) is 0 Å². The third kappa shape index (κ3) is 4.06. The quantitative estimate of drug-likeness (QED) is 0.760. The maximum absolute atomic E-state index is 6.21. The van der Waals surface area contributed by atoms with E-state index in [0.717, 1.165) is 36.9 Å². The number of hydrogen-bond donors (Lipinski definition) is 2. The van der Waals surface area contributed by atoms with Gasteiger partial charge in [-0.3, -0.25) is 4.90 Å².